The first kappa shape index (κ1) is 12.5. The summed E-state index contributed by atoms with van der Waals surface area (Å²) in [5, 5.41) is 0. The summed E-state index contributed by atoms with van der Waals surface area (Å²) in [6, 6.07) is 5.74. The zero-order valence-corrected chi connectivity index (χ0v) is 12.1. The molecule has 2 heterocycles. The number of hydrogen-bond acceptors (Lipinski definition) is 4. The number of aromatic nitrogens is 3. The molecule has 1 aliphatic carbocycles. The topological polar surface area (TPSA) is 64.7 Å². The second-order valence-corrected chi connectivity index (χ2v) is 5.80. The van der Waals surface area contributed by atoms with Gasteiger partial charge in [0.25, 0.3) is 0 Å². The molecule has 0 aromatic carbocycles. The van der Waals surface area contributed by atoms with Crippen molar-refractivity contribution in [2.75, 3.05) is 5.73 Å². The Kier molecular flexibility index (Phi) is 3.46. The van der Waals surface area contributed by atoms with E-state index >= 15 is 0 Å². The van der Waals surface area contributed by atoms with Crippen molar-refractivity contribution in [1.82, 2.24) is 15.0 Å². The lowest BCUT2D eigenvalue weighted by Gasteiger charge is -2.10. The zero-order valence-electron chi connectivity index (χ0n) is 10.5. The van der Waals surface area contributed by atoms with Crippen LogP contribution in [0.5, 0.6) is 0 Å². The smallest absolute Gasteiger partial charge is 0.180 e. The van der Waals surface area contributed by atoms with Crippen molar-refractivity contribution in [1.29, 1.82) is 0 Å². The summed E-state index contributed by atoms with van der Waals surface area (Å²) in [6.07, 6.45) is 6.70. The summed E-state index contributed by atoms with van der Waals surface area (Å²) >= 11 is 3.37. The van der Waals surface area contributed by atoms with Gasteiger partial charge in [-0.2, -0.15) is 0 Å². The number of anilines is 1. The Bertz CT molecular complexity index is 576. The van der Waals surface area contributed by atoms with Gasteiger partial charge in [-0.25, -0.2) is 9.97 Å². The second-order valence-electron chi connectivity index (χ2n) is 4.88. The zero-order chi connectivity index (χ0) is 13.2. The Morgan fingerprint density at radius 1 is 1.16 bits per heavy atom. The van der Waals surface area contributed by atoms with Crippen molar-refractivity contribution < 1.29 is 0 Å². The fourth-order valence-electron chi connectivity index (χ4n) is 2.54. The quantitative estimate of drug-likeness (QED) is 0.919. The minimum atomic E-state index is 0.525. The van der Waals surface area contributed by atoms with Crippen molar-refractivity contribution in [3.63, 3.8) is 0 Å². The first-order chi connectivity index (χ1) is 9.22. The van der Waals surface area contributed by atoms with Crippen LogP contribution in [-0.4, -0.2) is 15.0 Å². The molecule has 0 radical (unpaired) electrons. The van der Waals surface area contributed by atoms with Gasteiger partial charge in [0.1, 0.15) is 11.5 Å². The molecule has 19 heavy (non-hydrogen) atoms. The summed E-state index contributed by atoms with van der Waals surface area (Å²) in [5.41, 5.74) is 7.73. The van der Waals surface area contributed by atoms with Gasteiger partial charge in [-0.05, 0) is 40.9 Å². The van der Waals surface area contributed by atoms with E-state index in [1.165, 1.54) is 25.7 Å². The van der Waals surface area contributed by atoms with Crippen molar-refractivity contribution in [2.45, 2.75) is 31.6 Å². The van der Waals surface area contributed by atoms with Crippen LogP contribution in [0.1, 0.15) is 37.3 Å². The van der Waals surface area contributed by atoms with E-state index in [0.29, 0.717) is 17.6 Å². The third-order valence-corrected chi connectivity index (χ3v) is 3.96. The largest absolute Gasteiger partial charge is 0.384 e. The van der Waals surface area contributed by atoms with Crippen molar-refractivity contribution >= 4 is 21.7 Å². The van der Waals surface area contributed by atoms with E-state index in [-0.39, 0.29) is 0 Å². The molecule has 1 fully saturated rings. The molecule has 0 saturated heterocycles. The number of pyridine rings is 1. The highest BCUT2D eigenvalue weighted by atomic mass is 79.9. The Hall–Kier alpha value is -1.49. The summed E-state index contributed by atoms with van der Waals surface area (Å²) in [7, 11) is 0. The van der Waals surface area contributed by atoms with E-state index < -0.39 is 0 Å². The molecule has 0 aliphatic heterocycles. The summed E-state index contributed by atoms with van der Waals surface area (Å²) in [5.74, 6) is 1.67. The first-order valence-corrected chi connectivity index (χ1v) is 7.28. The molecule has 3 rings (SSSR count). The average molecular weight is 319 g/mol. The Labute approximate surface area is 120 Å². The SMILES string of the molecule is Nc1cc(C2CCCC2)nc(-c2ccc(Br)cn2)n1. The Morgan fingerprint density at radius 3 is 2.63 bits per heavy atom. The average Bonchev–Trinajstić information content (AvgIpc) is 2.93. The molecular formula is C14H15BrN4. The van der Waals surface area contributed by atoms with Crippen LogP contribution in [0.2, 0.25) is 0 Å². The van der Waals surface area contributed by atoms with E-state index in [0.717, 1.165) is 15.9 Å². The maximum Gasteiger partial charge on any atom is 0.180 e. The second kappa shape index (κ2) is 5.25. The predicted octanol–water partition coefficient (Wildman–Crippen LogP) is 3.54. The predicted molar refractivity (Wildman–Crippen MR) is 78.6 cm³/mol. The van der Waals surface area contributed by atoms with Gasteiger partial charge in [0.05, 0.1) is 0 Å². The summed E-state index contributed by atoms with van der Waals surface area (Å²) < 4.78 is 0.941. The van der Waals surface area contributed by atoms with Gasteiger partial charge in [-0.1, -0.05) is 12.8 Å². The van der Waals surface area contributed by atoms with E-state index in [1.807, 2.05) is 18.2 Å². The van der Waals surface area contributed by atoms with Crippen molar-refractivity contribution in [2.24, 2.45) is 0 Å². The minimum absolute atomic E-state index is 0.525. The van der Waals surface area contributed by atoms with E-state index in [1.54, 1.807) is 6.20 Å². The molecule has 5 heteroatoms. The number of hydrogen-bond donors (Lipinski definition) is 1. The van der Waals surface area contributed by atoms with Crippen LogP contribution >= 0.6 is 15.9 Å². The molecule has 98 valence electrons. The molecule has 4 nitrogen and oxygen atoms in total. The molecule has 2 aromatic rings. The van der Waals surface area contributed by atoms with Gasteiger partial charge in [0, 0.05) is 28.3 Å². The van der Waals surface area contributed by atoms with Gasteiger partial charge in [-0.15, -0.1) is 0 Å². The molecule has 0 bridgehead atoms. The highest BCUT2D eigenvalue weighted by molar-refractivity contribution is 9.10. The van der Waals surface area contributed by atoms with Crippen molar-refractivity contribution in [3.8, 4) is 11.5 Å². The number of halogens is 1. The monoisotopic (exact) mass is 318 g/mol. The molecule has 2 N–H and O–H groups in total. The van der Waals surface area contributed by atoms with Crippen LogP contribution < -0.4 is 5.73 Å². The van der Waals surface area contributed by atoms with Crippen LogP contribution in [0.3, 0.4) is 0 Å². The molecular weight excluding hydrogens is 304 g/mol. The van der Waals surface area contributed by atoms with Gasteiger partial charge in [-0.3, -0.25) is 4.98 Å². The van der Waals surface area contributed by atoms with E-state index in [9.17, 15) is 0 Å². The first-order valence-electron chi connectivity index (χ1n) is 6.49. The van der Waals surface area contributed by atoms with Gasteiger partial charge >= 0.3 is 0 Å². The van der Waals surface area contributed by atoms with Crippen LogP contribution in [0.25, 0.3) is 11.5 Å². The maximum absolute atomic E-state index is 5.91. The van der Waals surface area contributed by atoms with Crippen LogP contribution in [0.15, 0.2) is 28.9 Å². The lowest BCUT2D eigenvalue weighted by atomic mass is 10.0. The standard InChI is InChI=1S/C14H15BrN4/c15-10-5-6-11(17-8-10)14-18-12(7-13(16)19-14)9-3-1-2-4-9/h5-9H,1-4H2,(H2,16,18,19). The molecule has 0 atom stereocenters. The van der Waals surface area contributed by atoms with Gasteiger partial charge in [0.2, 0.25) is 0 Å². The Morgan fingerprint density at radius 2 is 1.95 bits per heavy atom. The van der Waals surface area contributed by atoms with E-state index in [4.69, 9.17) is 5.73 Å². The fraction of sp³-hybridized carbons (Fsp3) is 0.357. The van der Waals surface area contributed by atoms with Gasteiger partial charge < -0.3 is 5.73 Å². The van der Waals surface area contributed by atoms with Gasteiger partial charge in [0.15, 0.2) is 5.82 Å². The minimum Gasteiger partial charge on any atom is -0.384 e. The van der Waals surface area contributed by atoms with E-state index in [2.05, 4.69) is 30.9 Å². The highest BCUT2D eigenvalue weighted by Gasteiger charge is 2.20. The molecule has 2 aromatic heterocycles. The molecule has 1 saturated carbocycles. The molecule has 0 spiro atoms. The summed E-state index contributed by atoms with van der Waals surface area (Å²) in [6.45, 7) is 0. The molecule has 1 aliphatic rings. The highest BCUT2D eigenvalue weighted by Crippen LogP contribution is 2.34. The number of nitrogens with zero attached hydrogens (tertiary/aromatic N) is 3. The van der Waals surface area contributed by atoms with Crippen molar-refractivity contribution in [3.05, 3.63) is 34.6 Å². The lowest BCUT2D eigenvalue weighted by molar-refractivity contribution is 0.696. The maximum atomic E-state index is 5.91. The number of rotatable bonds is 2. The number of nitrogens with two attached hydrogens (primary N) is 1. The third kappa shape index (κ3) is 2.76. The third-order valence-electron chi connectivity index (χ3n) is 3.50. The Balaban J connectivity index is 1.99. The normalized spacial score (nSPS) is 15.8. The summed E-state index contributed by atoms with van der Waals surface area (Å²) in [4.78, 5) is 13.3. The fourth-order valence-corrected chi connectivity index (χ4v) is 2.77. The van der Waals surface area contributed by atoms with Crippen LogP contribution in [0, 0.1) is 0 Å². The molecule has 0 unspecified atom stereocenters. The lowest BCUT2D eigenvalue weighted by Crippen LogP contribution is -2.04. The number of nitrogen functional groups attached to an aromatic ring is 1. The van der Waals surface area contributed by atoms with Crippen LogP contribution in [-0.2, 0) is 0 Å². The van der Waals surface area contributed by atoms with Crippen LogP contribution in [0.4, 0.5) is 5.82 Å². The molecule has 0 amide bonds.